The first-order chi connectivity index (χ1) is 9.63. The van der Waals surface area contributed by atoms with Crippen molar-refractivity contribution in [2.75, 3.05) is 19.7 Å². The van der Waals surface area contributed by atoms with Gasteiger partial charge in [-0.05, 0) is 31.0 Å². The molecule has 3 rings (SSSR count). The molecule has 0 atom stereocenters. The van der Waals surface area contributed by atoms with Gasteiger partial charge in [0, 0.05) is 23.5 Å². The van der Waals surface area contributed by atoms with Crippen molar-refractivity contribution in [3.63, 3.8) is 0 Å². The molecule has 1 fully saturated rings. The minimum Gasteiger partial charge on any atom is -0.485 e. The van der Waals surface area contributed by atoms with Crippen LogP contribution in [0.25, 0.3) is 0 Å². The molecule has 1 amide bonds. The van der Waals surface area contributed by atoms with Gasteiger partial charge in [0.1, 0.15) is 18.0 Å². The number of ether oxygens (including phenoxy) is 1. The van der Waals surface area contributed by atoms with Gasteiger partial charge in [-0.1, -0.05) is 15.9 Å². The lowest BCUT2D eigenvalue weighted by atomic mass is 9.92. The lowest BCUT2D eigenvalue weighted by molar-refractivity contribution is 0.130. The monoisotopic (exact) mass is 338 g/mol. The van der Waals surface area contributed by atoms with Crippen molar-refractivity contribution in [2.24, 2.45) is 10.9 Å². The van der Waals surface area contributed by atoms with Crippen LogP contribution in [0.2, 0.25) is 0 Å². The Morgan fingerprint density at radius 1 is 1.40 bits per heavy atom. The highest BCUT2D eigenvalue weighted by atomic mass is 79.9. The Morgan fingerprint density at radius 2 is 2.15 bits per heavy atom. The number of aliphatic imine (C=N–C) groups is 1. The number of hydrogen-bond acceptors (Lipinski definition) is 3. The molecule has 1 aromatic rings. The topological polar surface area (TPSA) is 62.1 Å². The smallest absolute Gasteiger partial charge is 0.407 e. The zero-order chi connectivity index (χ0) is 14.1. The first kappa shape index (κ1) is 13.4. The maximum Gasteiger partial charge on any atom is 0.407 e. The molecule has 20 heavy (non-hydrogen) atoms. The molecule has 106 valence electrons. The lowest BCUT2D eigenvalue weighted by Gasteiger charge is -2.31. The number of carboxylic acid groups (broad SMARTS) is 1. The van der Waals surface area contributed by atoms with Crippen LogP contribution in [-0.2, 0) is 0 Å². The van der Waals surface area contributed by atoms with E-state index >= 15 is 0 Å². The third kappa shape index (κ3) is 2.65. The van der Waals surface area contributed by atoms with E-state index < -0.39 is 6.09 Å². The highest BCUT2D eigenvalue weighted by Crippen LogP contribution is 2.35. The van der Waals surface area contributed by atoms with Crippen molar-refractivity contribution < 1.29 is 14.6 Å². The van der Waals surface area contributed by atoms with Gasteiger partial charge in [-0.15, -0.1) is 0 Å². The van der Waals surface area contributed by atoms with Gasteiger partial charge >= 0.3 is 6.09 Å². The molecule has 2 aliphatic heterocycles. The molecular weight excluding hydrogens is 324 g/mol. The van der Waals surface area contributed by atoms with E-state index in [-0.39, 0.29) is 0 Å². The van der Waals surface area contributed by atoms with Crippen molar-refractivity contribution in [3.8, 4) is 5.75 Å². The molecule has 0 bridgehead atoms. The molecule has 0 radical (unpaired) electrons. The summed E-state index contributed by atoms with van der Waals surface area (Å²) in [6, 6.07) is 5.80. The molecule has 0 saturated carbocycles. The molecule has 0 aliphatic carbocycles. The summed E-state index contributed by atoms with van der Waals surface area (Å²) in [5.41, 5.74) is 1.89. The van der Waals surface area contributed by atoms with E-state index in [1.165, 1.54) is 4.90 Å². The van der Waals surface area contributed by atoms with E-state index in [2.05, 4.69) is 20.9 Å². The second-order valence-electron chi connectivity index (χ2n) is 5.05. The molecule has 6 heteroatoms. The zero-order valence-corrected chi connectivity index (χ0v) is 12.5. The van der Waals surface area contributed by atoms with Crippen LogP contribution >= 0.6 is 15.9 Å². The number of likely N-dealkylation sites (tertiary alicyclic amines) is 1. The predicted octanol–water partition coefficient (Wildman–Crippen LogP) is 3.30. The highest BCUT2D eigenvalue weighted by molar-refractivity contribution is 9.10. The molecule has 0 aromatic heterocycles. The number of amides is 1. The number of rotatable bonds is 1. The van der Waals surface area contributed by atoms with Crippen molar-refractivity contribution in [1.29, 1.82) is 0 Å². The van der Waals surface area contributed by atoms with Crippen LogP contribution in [0.15, 0.2) is 27.7 Å². The fourth-order valence-electron chi connectivity index (χ4n) is 2.65. The van der Waals surface area contributed by atoms with Crippen molar-refractivity contribution in [3.05, 3.63) is 22.7 Å². The average Bonchev–Trinajstić information content (AvgIpc) is 2.47. The van der Waals surface area contributed by atoms with E-state index in [1.807, 2.05) is 18.2 Å². The van der Waals surface area contributed by atoms with Gasteiger partial charge < -0.3 is 14.7 Å². The van der Waals surface area contributed by atoms with Crippen LogP contribution in [0.3, 0.4) is 0 Å². The van der Waals surface area contributed by atoms with Gasteiger partial charge in [0.2, 0.25) is 0 Å². The van der Waals surface area contributed by atoms with E-state index in [4.69, 9.17) is 9.84 Å². The van der Waals surface area contributed by atoms with Crippen LogP contribution in [0, 0.1) is 5.92 Å². The minimum absolute atomic E-state index is 0.322. The molecule has 2 heterocycles. The largest absolute Gasteiger partial charge is 0.485 e. The van der Waals surface area contributed by atoms with Crippen LogP contribution < -0.4 is 4.74 Å². The van der Waals surface area contributed by atoms with Gasteiger partial charge in [-0.25, -0.2) is 4.79 Å². The number of piperidine rings is 1. The zero-order valence-electron chi connectivity index (χ0n) is 10.9. The van der Waals surface area contributed by atoms with Crippen molar-refractivity contribution in [2.45, 2.75) is 12.8 Å². The third-order valence-electron chi connectivity index (χ3n) is 3.80. The minimum atomic E-state index is -0.833. The second kappa shape index (κ2) is 5.44. The molecule has 0 spiro atoms. The van der Waals surface area contributed by atoms with Crippen LogP contribution in [0.4, 0.5) is 10.5 Å². The van der Waals surface area contributed by atoms with Gasteiger partial charge in [0.15, 0.2) is 0 Å². The summed E-state index contributed by atoms with van der Waals surface area (Å²) >= 11 is 3.41. The van der Waals surface area contributed by atoms with Gasteiger partial charge in [-0.3, -0.25) is 4.99 Å². The summed E-state index contributed by atoms with van der Waals surface area (Å²) in [5, 5.41) is 8.96. The summed E-state index contributed by atoms with van der Waals surface area (Å²) in [7, 11) is 0. The Hall–Kier alpha value is -1.56. The molecule has 0 unspecified atom stereocenters. The summed E-state index contributed by atoms with van der Waals surface area (Å²) in [6.45, 7) is 1.65. The number of hydrogen-bond donors (Lipinski definition) is 1. The molecular formula is C14H15BrN2O3. The van der Waals surface area contributed by atoms with E-state index in [1.54, 1.807) is 0 Å². The number of fused-ring (bicyclic) bond motifs is 1. The Labute approximate surface area is 125 Å². The van der Waals surface area contributed by atoms with Crippen LogP contribution in [0.1, 0.15) is 12.8 Å². The highest BCUT2D eigenvalue weighted by Gasteiger charge is 2.27. The van der Waals surface area contributed by atoms with E-state index in [0.29, 0.717) is 25.6 Å². The molecule has 1 saturated heterocycles. The van der Waals surface area contributed by atoms with Gasteiger partial charge in [0.25, 0.3) is 0 Å². The predicted molar refractivity (Wildman–Crippen MR) is 79.1 cm³/mol. The number of halogens is 1. The number of nitrogens with zero attached hydrogens (tertiary/aromatic N) is 2. The van der Waals surface area contributed by atoms with E-state index in [9.17, 15) is 4.79 Å². The SMILES string of the molecule is O=C(O)N1CCC(C2=Nc3ccc(Br)cc3OC2)CC1. The second-order valence-corrected chi connectivity index (χ2v) is 5.96. The summed E-state index contributed by atoms with van der Waals surface area (Å²) in [4.78, 5) is 17.0. The third-order valence-corrected chi connectivity index (χ3v) is 4.29. The summed E-state index contributed by atoms with van der Waals surface area (Å²) in [5.74, 6) is 1.12. The molecule has 5 nitrogen and oxygen atoms in total. The maximum atomic E-state index is 10.9. The van der Waals surface area contributed by atoms with Crippen LogP contribution in [-0.4, -0.2) is 41.5 Å². The fourth-order valence-corrected chi connectivity index (χ4v) is 2.99. The Morgan fingerprint density at radius 3 is 2.85 bits per heavy atom. The first-order valence-corrected chi connectivity index (χ1v) is 7.40. The Balaban J connectivity index is 1.73. The Kier molecular flexibility index (Phi) is 3.65. The Bertz CT molecular complexity index is 566. The number of benzene rings is 1. The maximum absolute atomic E-state index is 10.9. The standard InChI is InChI=1S/C14H15BrN2O3/c15-10-1-2-11-13(7-10)20-8-12(16-11)9-3-5-17(6-4-9)14(18)19/h1-2,7,9H,3-6,8H2,(H,18,19). The molecule has 1 N–H and O–H groups in total. The van der Waals surface area contributed by atoms with Crippen molar-refractivity contribution in [1.82, 2.24) is 4.90 Å². The molecule has 1 aromatic carbocycles. The summed E-state index contributed by atoms with van der Waals surface area (Å²) in [6.07, 6.45) is 0.807. The van der Waals surface area contributed by atoms with Gasteiger partial charge in [-0.2, -0.15) is 0 Å². The normalized spacial score (nSPS) is 19.1. The average molecular weight is 339 g/mol. The van der Waals surface area contributed by atoms with Gasteiger partial charge in [0.05, 0.1) is 5.71 Å². The van der Waals surface area contributed by atoms with Crippen LogP contribution in [0.5, 0.6) is 5.75 Å². The summed E-state index contributed by atoms with van der Waals surface area (Å²) < 4.78 is 6.73. The van der Waals surface area contributed by atoms with Crippen molar-refractivity contribution >= 4 is 33.4 Å². The molecule has 2 aliphatic rings. The quantitative estimate of drug-likeness (QED) is 0.854. The van der Waals surface area contributed by atoms with E-state index in [0.717, 1.165) is 34.5 Å². The lowest BCUT2D eigenvalue weighted by Crippen LogP contribution is -2.40. The first-order valence-electron chi connectivity index (χ1n) is 6.61. The number of carbonyl (C=O) groups is 1. The fraction of sp³-hybridized carbons (Fsp3) is 0.429.